The van der Waals surface area contributed by atoms with E-state index in [2.05, 4.69) is 88.0 Å². The minimum absolute atomic E-state index is 0.100. The van der Waals surface area contributed by atoms with Gasteiger partial charge in [0.25, 0.3) is 0 Å². The van der Waals surface area contributed by atoms with E-state index in [0.717, 1.165) is 18.3 Å². The Morgan fingerprint density at radius 1 is 1.21 bits per heavy atom. The van der Waals surface area contributed by atoms with Crippen molar-refractivity contribution in [3.63, 3.8) is 0 Å². The monoisotopic (exact) mass is 324 g/mol. The summed E-state index contributed by atoms with van der Waals surface area (Å²) in [6, 6.07) is 9.48. The number of rotatable bonds is 6. The van der Waals surface area contributed by atoms with Crippen LogP contribution in [0.3, 0.4) is 0 Å². The first-order valence-electron chi connectivity index (χ1n) is 9.42. The molecule has 0 bridgehead atoms. The van der Waals surface area contributed by atoms with Crippen molar-refractivity contribution in [2.24, 2.45) is 11.8 Å². The molecular formula is C22H32N2. The van der Waals surface area contributed by atoms with Gasteiger partial charge in [0, 0.05) is 6.20 Å². The van der Waals surface area contributed by atoms with Gasteiger partial charge in [-0.05, 0) is 59.6 Å². The number of nitrogens with zero attached hydrogens (tertiary/aromatic N) is 2. The zero-order chi connectivity index (χ0) is 17.5. The fraction of sp³-hybridized carbons (Fsp3) is 0.591. The van der Waals surface area contributed by atoms with Gasteiger partial charge in [-0.15, -0.1) is 0 Å². The molecule has 1 saturated carbocycles. The molecule has 1 aliphatic carbocycles. The van der Waals surface area contributed by atoms with E-state index in [1.807, 2.05) is 0 Å². The third-order valence-electron chi connectivity index (χ3n) is 5.96. The smallest absolute Gasteiger partial charge is 0.0527 e. The molecule has 0 spiro atoms. The van der Waals surface area contributed by atoms with Gasteiger partial charge < -0.3 is 0 Å². The van der Waals surface area contributed by atoms with Gasteiger partial charge in [0.2, 0.25) is 0 Å². The van der Waals surface area contributed by atoms with Gasteiger partial charge in [-0.3, -0.25) is 4.68 Å². The third kappa shape index (κ3) is 3.43. The van der Waals surface area contributed by atoms with Crippen LogP contribution in [0.4, 0.5) is 0 Å². The highest BCUT2D eigenvalue weighted by molar-refractivity contribution is 5.36. The number of benzene rings is 1. The van der Waals surface area contributed by atoms with E-state index in [9.17, 15) is 0 Å². The molecule has 2 aromatic rings. The maximum Gasteiger partial charge on any atom is 0.0527 e. The lowest BCUT2D eigenvalue weighted by molar-refractivity contribution is 0.374. The quantitative estimate of drug-likeness (QED) is 0.662. The van der Waals surface area contributed by atoms with Crippen LogP contribution < -0.4 is 0 Å². The minimum atomic E-state index is 0.100. The molecule has 1 aromatic carbocycles. The van der Waals surface area contributed by atoms with Crippen molar-refractivity contribution in [3.8, 4) is 0 Å². The molecule has 0 saturated heterocycles. The Kier molecular flexibility index (Phi) is 4.59. The molecule has 0 N–H and O–H groups in total. The summed E-state index contributed by atoms with van der Waals surface area (Å²) in [5, 5.41) is 4.64. The zero-order valence-electron chi connectivity index (χ0n) is 16.1. The summed E-state index contributed by atoms with van der Waals surface area (Å²) in [6.07, 6.45) is 6.75. The molecule has 1 fully saturated rings. The summed E-state index contributed by atoms with van der Waals surface area (Å²) in [5.74, 6) is 2.22. The van der Waals surface area contributed by atoms with E-state index in [-0.39, 0.29) is 5.41 Å². The van der Waals surface area contributed by atoms with Crippen LogP contribution in [0.2, 0.25) is 0 Å². The highest BCUT2D eigenvalue weighted by Gasteiger charge is 2.36. The van der Waals surface area contributed by atoms with Crippen LogP contribution in [0.25, 0.3) is 0 Å². The summed E-state index contributed by atoms with van der Waals surface area (Å²) in [6.45, 7) is 13.8. The molecule has 2 nitrogen and oxygen atoms in total. The minimum Gasteiger partial charge on any atom is -0.269 e. The molecule has 0 amide bonds. The second-order valence-corrected chi connectivity index (χ2v) is 8.77. The summed E-state index contributed by atoms with van der Waals surface area (Å²) < 4.78 is 2.14. The van der Waals surface area contributed by atoms with Crippen molar-refractivity contribution in [3.05, 3.63) is 53.3 Å². The van der Waals surface area contributed by atoms with Gasteiger partial charge in [0.05, 0.1) is 12.2 Å². The first kappa shape index (κ1) is 17.3. The van der Waals surface area contributed by atoms with Crippen LogP contribution in [0.15, 0.2) is 36.7 Å². The van der Waals surface area contributed by atoms with E-state index in [1.54, 1.807) is 5.56 Å². The molecule has 130 valence electrons. The van der Waals surface area contributed by atoms with Gasteiger partial charge in [0.15, 0.2) is 0 Å². The molecule has 3 unspecified atom stereocenters. The predicted molar refractivity (Wildman–Crippen MR) is 101 cm³/mol. The van der Waals surface area contributed by atoms with Crippen molar-refractivity contribution in [1.29, 1.82) is 0 Å². The van der Waals surface area contributed by atoms with Crippen molar-refractivity contribution in [2.75, 3.05) is 0 Å². The van der Waals surface area contributed by atoms with Gasteiger partial charge >= 0.3 is 0 Å². The molecule has 24 heavy (non-hydrogen) atoms. The fourth-order valence-electron chi connectivity index (χ4n) is 3.61. The van der Waals surface area contributed by atoms with Crippen LogP contribution in [0.1, 0.15) is 76.6 Å². The van der Waals surface area contributed by atoms with Crippen LogP contribution in [0, 0.1) is 11.8 Å². The molecule has 1 aliphatic rings. The summed E-state index contributed by atoms with van der Waals surface area (Å²) >= 11 is 0. The first-order chi connectivity index (χ1) is 11.3. The Morgan fingerprint density at radius 2 is 1.88 bits per heavy atom. The lowest BCUT2D eigenvalue weighted by Crippen LogP contribution is -2.21. The van der Waals surface area contributed by atoms with Gasteiger partial charge in [-0.2, -0.15) is 5.10 Å². The normalized spacial score (nSPS) is 22.0. The maximum absolute atomic E-state index is 4.64. The zero-order valence-corrected chi connectivity index (χ0v) is 16.1. The predicted octanol–water partition coefficient (Wildman–Crippen LogP) is 5.74. The average Bonchev–Trinajstić information content (AvgIpc) is 3.05. The molecule has 1 aromatic heterocycles. The Labute approximate surface area is 147 Å². The largest absolute Gasteiger partial charge is 0.269 e. The second kappa shape index (κ2) is 6.38. The van der Waals surface area contributed by atoms with E-state index in [0.29, 0.717) is 12.0 Å². The van der Waals surface area contributed by atoms with Crippen molar-refractivity contribution in [1.82, 2.24) is 9.78 Å². The van der Waals surface area contributed by atoms with Crippen LogP contribution >= 0.6 is 0 Å². The summed E-state index contributed by atoms with van der Waals surface area (Å²) in [5.41, 5.74) is 4.53. The summed E-state index contributed by atoms with van der Waals surface area (Å²) in [7, 11) is 0. The SMILES string of the molecule is CC(C)C(C)n1cc(C(C)(C)Cc2ccccc2C2CC2C)cn1. The standard InChI is InChI=1S/C22H32N2/c1-15(2)17(4)24-14-19(13-23-24)22(5,6)12-18-9-7-8-10-20(18)21-11-16(21)3/h7-10,13-17,21H,11-12H2,1-6H3. The Bertz CT molecular complexity index is 696. The van der Waals surface area contributed by atoms with Crippen LogP contribution in [-0.2, 0) is 11.8 Å². The van der Waals surface area contributed by atoms with E-state index >= 15 is 0 Å². The topological polar surface area (TPSA) is 17.8 Å². The molecular weight excluding hydrogens is 292 g/mol. The maximum atomic E-state index is 4.64. The van der Waals surface area contributed by atoms with E-state index in [1.165, 1.54) is 17.5 Å². The summed E-state index contributed by atoms with van der Waals surface area (Å²) in [4.78, 5) is 0. The van der Waals surface area contributed by atoms with Crippen molar-refractivity contribution in [2.45, 2.75) is 71.8 Å². The first-order valence-corrected chi connectivity index (χ1v) is 9.42. The van der Waals surface area contributed by atoms with E-state index < -0.39 is 0 Å². The van der Waals surface area contributed by atoms with Crippen molar-refractivity contribution < 1.29 is 0 Å². The third-order valence-corrected chi connectivity index (χ3v) is 5.96. The number of hydrogen-bond acceptors (Lipinski definition) is 1. The Balaban J connectivity index is 1.82. The number of hydrogen-bond donors (Lipinski definition) is 0. The number of aromatic nitrogens is 2. The molecule has 2 heteroatoms. The lowest BCUT2D eigenvalue weighted by Gasteiger charge is -2.25. The fourth-order valence-corrected chi connectivity index (χ4v) is 3.61. The molecule has 3 atom stereocenters. The second-order valence-electron chi connectivity index (χ2n) is 8.77. The van der Waals surface area contributed by atoms with Gasteiger partial charge in [-0.1, -0.05) is 58.9 Å². The Morgan fingerprint density at radius 3 is 2.50 bits per heavy atom. The van der Waals surface area contributed by atoms with Crippen LogP contribution in [0.5, 0.6) is 0 Å². The van der Waals surface area contributed by atoms with Crippen LogP contribution in [-0.4, -0.2) is 9.78 Å². The highest BCUT2D eigenvalue weighted by atomic mass is 15.3. The molecule has 0 radical (unpaired) electrons. The molecule has 3 rings (SSSR count). The Hall–Kier alpha value is -1.57. The lowest BCUT2D eigenvalue weighted by atomic mass is 9.79. The average molecular weight is 325 g/mol. The van der Waals surface area contributed by atoms with Crippen molar-refractivity contribution >= 4 is 0 Å². The highest BCUT2D eigenvalue weighted by Crippen LogP contribution is 2.48. The molecule has 0 aliphatic heterocycles. The van der Waals surface area contributed by atoms with Gasteiger partial charge in [-0.25, -0.2) is 0 Å². The van der Waals surface area contributed by atoms with E-state index in [4.69, 9.17) is 0 Å². The van der Waals surface area contributed by atoms with Gasteiger partial charge in [0.1, 0.15) is 0 Å². The molecule has 1 heterocycles.